The molecule has 1 aromatic heterocycles. The van der Waals surface area contributed by atoms with Gasteiger partial charge in [-0.3, -0.25) is 25.1 Å². The summed E-state index contributed by atoms with van der Waals surface area (Å²) in [6.45, 7) is 2.68. The molecule has 2 amide bonds. The maximum absolute atomic E-state index is 12.9. The van der Waals surface area contributed by atoms with Crippen LogP contribution in [0.15, 0.2) is 47.5 Å². The number of hydrogen-bond acceptors (Lipinski definition) is 7. The number of benzene rings is 1. The number of carbonyl (C=O) groups excluding carboxylic acids is 2. The highest BCUT2D eigenvalue weighted by molar-refractivity contribution is 8.26. The average molecular weight is 486 g/mol. The zero-order valence-corrected chi connectivity index (χ0v) is 19.4. The summed E-state index contributed by atoms with van der Waals surface area (Å²) >= 11 is 6.43. The lowest BCUT2D eigenvalue weighted by Gasteiger charge is -2.26. The smallest absolute Gasteiger partial charge is 0.285 e. The molecule has 33 heavy (non-hydrogen) atoms. The zero-order chi connectivity index (χ0) is 23.4. The Labute approximate surface area is 200 Å². The second-order valence-electron chi connectivity index (χ2n) is 7.78. The Bertz CT molecular complexity index is 1110. The van der Waals surface area contributed by atoms with Gasteiger partial charge in [-0.2, -0.15) is 5.01 Å². The van der Waals surface area contributed by atoms with Crippen LogP contribution in [0.5, 0.6) is 0 Å². The highest BCUT2D eigenvalue weighted by Gasteiger charge is 2.33. The molecule has 1 N–H and O–H groups in total. The number of amides is 2. The minimum atomic E-state index is -0.452. The lowest BCUT2D eigenvalue weighted by molar-refractivity contribution is -0.384. The van der Waals surface area contributed by atoms with Crippen molar-refractivity contribution >= 4 is 51.9 Å². The molecular formula is C22H23N5O4S2. The van der Waals surface area contributed by atoms with E-state index in [-0.39, 0.29) is 21.8 Å². The molecule has 1 aromatic carbocycles. The summed E-state index contributed by atoms with van der Waals surface area (Å²) in [7, 11) is 0. The molecule has 2 fully saturated rings. The summed E-state index contributed by atoms with van der Waals surface area (Å²) in [6, 6.07) is 9.78. The van der Waals surface area contributed by atoms with Crippen molar-refractivity contribution in [1.82, 2.24) is 19.9 Å². The average Bonchev–Trinajstić information content (AvgIpc) is 3.38. The van der Waals surface area contributed by atoms with Gasteiger partial charge in [-0.25, -0.2) is 0 Å². The van der Waals surface area contributed by atoms with E-state index in [0.717, 1.165) is 48.4 Å². The number of nitro groups is 1. The Morgan fingerprint density at radius 3 is 2.61 bits per heavy atom. The highest BCUT2D eigenvalue weighted by atomic mass is 32.2. The van der Waals surface area contributed by atoms with Gasteiger partial charge in [-0.15, -0.1) is 0 Å². The van der Waals surface area contributed by atoms with E-state index in [1.807, 2.05) is 16.7 Å². The minimum absolute atomic E-state index is 0.00403. The molecule has 0 spiro atoms. The topological polar surface area (TPSA) is 101 Å². The largest absolute Gasteiger partial charge is 0.317 e. The minimum Gasteiger partial charge on any atom is -0.317 e. The Morgan fingerprint density at radius 2 is 1.91 bits per heavy atom. The molecule has 4 rings (SSSR count). The van der Waals surface area contributed by atoms with Crippen molar-refractivity contribution in [2.75, 3.05) is 19.6 Å². The number of piperidine rings is 1. The van der Waals surface area contributed by atoms with Crippen LogP contribution in [-0.4, -0.2) is 55.2 Å². The normalized spacial score (nSPS) is 18.2. The van der Waals surface area contributed by atoms with Gasteiger partial charge < -0.3 is 9.47 Å². The van der Waals surface area contributed by atoms with Crippen LogP contribution < -0.4 is 5.43 Å². The van der Waals surface area contributed by atoms with Crippen molar-refractivity contribution in [2.45, 2.75) is 25.7 Å². The molecule has 2 saturated heterocycles. The number of likely N-dealkylation sites (tertiary alicyclic amines) is 1. The van der Waals surface area contributed by atoms with Crippen molar-refractivity contribution in [3.05, 3.63) is 63.3 Å². The number of thiocarbonyl (C=S) groups is 1. The van der Waals surface area contributed by atoms with Crippen molar-refractivity contribution in [3.8, 4) is 5.69 Å². The quantitative estimate of drug-likeness (QED) is 0.277. The summed E-state index contributed by atoms with van der Waals surface area (Å²) in [5.41, 5.74) is 4.07. The standard InChI is InChI=1S/C22H23N5O4S2/c28-20(10-14-24-11-2-1-3-12-24)23-26-21(29)19(33-22(26)32)15-18-5-4-13-25(18)16-6-8-17(9-7-16)27(30)31/h4-9,13,15H,1-3,10-12,14H2,(H,23,28). The van der Waals surface area contributed by atoms with Gasteiger partial charge in [-0.05, 0) is 68.5 Å². The highest BCUT2D eigenvalue weighted by Crippen LogP contribution is 2.32. The van der Waals surface area contributed by atoms with Crippen LogP contribution in [0.2, 0.25) is 0 Å². The van der Waals surface area contributed by atoms with Crippen molar-refractivity contribution < 1.29 is 14.5 Å². The number of nitrogens with zero attached hydrogens (tertiary/aromatic N) is 4. The fraction of sp³-hybridized carbons (Fsp3) is 0.318. The molecule has 0 saturated carbocycles. The third-order valence-electron chi connectivity index (χ3n) is 5.53. The van der Waals surface area contributed by atoms with Crippen LogP contribution in [0.25, 0.3) is 11.8 Å². The molecule has 11 heteroatoms. The van der Waals surface area contributed by atoms with Gasteiger partial charge in [0.1, 0.15) is 0 Å². The van der Waals surface area contributed by atoms with Gasteiger partial charge in [0, 0.05) is 42.7 Å². The Balaban J connectivity index is 1.42. The van der Waals surface area contributed by atoms with Crippen LogP contribution in [0, 0.1) is 10.1 Å². The summed E-state index contributed by atoms with van der Waals surface area (Å²) in [5.74, 6) is -0.625. The fourth-order valence-electron chi connectivity index (χ4n) is 3.80. The predicted molar refractivity (Wildman–Crippen MR) is 130 cm³/mol. The van der Waals surface area contributed by atoms with Crippen molar-refractivity contribution in [2.24, 2.45) is 0 Å². The SMILES string of the molecule is O=C(CCN1CCCCC1)NN1C(=O)C(=Cc2cccn2-c2ccc([N+](=O)[O-])cc2)SC1=S. The number of nitrogens with one attached hydrogen (secondary N) is 1. The molecule has 3 heterocycles. The van der Waals surface area contributed by atoms with E-state index < -0.39 is 4.92 Å². The molecule has 0 bridgehead atoms. The maximum atomic E-state index is 12.9. The first-order valence-electron chi connectivity index (χ1n) is 10.6. The van der Waals surface area contributed by atoms with Gasteiger partial charge in [0.25, 0.3) is 11.6 Å². The first-order valence-corrected chi connectivity index (χ1v) is 11.9. The molecule has 0 unspecified atom stereocenters. The van der Waals surface area contributed by atoms with E-state index in [1.165, 1.54) is 18.6 Å². The lowest BCUT2D eigenvalue weighted by Crippen LogP contribution is -2.46. The molecule has 2 aliphatic heterocycles. The fourth-order valence-corrected chi connectivity index (χ4v) is 4.97. The lowest BCUT2D eigenvalue weighted by atomic mass is 10.1. The summed E-state index contributed by atoms with van der Waals surface area (Å²) in [6.07, 6.45) is 7.35. The van der Waals surface area contributed by atoms with E-state index in [9.17, 15) is 19.7 Å². The van der Waals surface area contributed by atoms with Crippen LogP contribution in [-0.2, 0) is 9.59 Å². The van der Waals surface area contributed by atoms with Gasteiger partial charge in [0.2, 0.25) is 5.91 Å². The molecule has 2 aliphatic rings. The number of nitro benzene ring substituents is 1. The van der Waals surface area contributed by atoms with Gasteiger partial charge in [-0.1, -0.05) is 18.2 Å². The van der Waals surface area contributed by atoms with Crippen LogP contribution in [0.4, 0.5) is 5.69 Å². The number of aromatic nitrogens is 1. The first-order chi connectivity index (χ1) is 15.9. The molecule has 0 radical (unpaired) electrons. The number of non-ortho nitro benzene ring substituents is 1. The van der Waals surface area contributed by atoms with E-state index in [0.29, 0.717) is 23.6 Å². The summed E-state index contributed by atoms with van der Waals surface area (Å²) in [5, 5.41) is 12.0. The predicted octanol–water partition coefficient (Wildman–Crippen LogP) is 3.49. The maximum Gasteiger partial charge on any atom is 0.285 e. The number of hydrogen-bond donors (Lipinski definition) is 1. The van der Waals surface area contributed by atoms with Crippen LogP contribution >= 0.6 is 24.0 Å². The monoisotopic (exact) mass is 485 g/mol. The molecule has 0 atom stereocenters. The molecule has 9 nitrogen and oxygen atoms in total. The van der Waals surface area contributed by atoms with Crippen molar-refractivity contribution in [3.63, 3.8) is 0 Å². The number of carbonyl (C=O) groups is 2. The second kappa shape index (κ2) is 10.3. The van der Waals surface area contributed by atoms with Gasteiger partial charge >= 0.3 is 0 Å². The number of hydrazine groups is 1. The molecule has 172 valence electrons. The van der Waals surface area contributed by atoms with E-state index in [4.69, 9.17) is 12.2 Å². The van der Waals surface area contributed by atoms with Gasteiger partial charge in [0.05, 0.1) is 9.83 Å². The third kappa shape index (κ3) is 5.49. The van der Waals surface area contributed by atoms with Crippen LogP contribution in [0.1, 0.15) is 31.4 Å². The number of thioether (sulfide) groups is 1. The summed E-state index contributed by atoms with van der Waals surface area (Å²) in [4.78, 5) is 38.4. The molecular weight excluding hydrogens is 462 g/mol. The Hall–Kier alpha value is -3.02. The Kier molecular flexibility index (Phi) is 7.21. The summed E-state index contributed by atoms with van der Waals surface area (Å²) < 4.78 is 2.08. The van der Waals surface area contributed by atoms with Crippen LogP contribution in [0.3, 0.4) is 0 Å². The molecule has 0 aliphatic carbocycles. The molecule has 2 aromatic rings. The second-order valence-corrected chi connectivity index (χ2v) is 9.46. The number of rotatable bonds is 7. The first kappa shape index (κ1) is 23.1. The zero-order valence-electron chi connectivity index (χ0n) is 17.8. The van der Waals surface area contributed by atoms with E-state index in [2.05, 4.69) is 10.3 Å². The Morgan fingerprint density at radius 1 is 1.18 bits per heavy atom. The van der Waals surface area contributed by atoms with E-state index in [1.54, 1.807) is 24.4 Å². The van der Waals surface area contributed by atoms with Gasteiger partial charge in [0.15, 0.2) is 4.32 Å². The van der Waals surface area contributed by atoms with Crippen molar-refractivity contribution in [1.29, 1.82) is 0 Å². The van der Waals surface area contributed by atoms with E-state index >= 15 is 0 Å². The third-order valence-corrected chi connectivity index (χ3v) is 6.83.